The number of ether oxygens (including phenoxy) is 1. The Hall–Kier alpha value is -4.10. The van der Waals surface area contributed by atoms with Gasteiger partial charge in [-0.1, -0.05) is 55.7 Å². The van der Waals surface area contributed by atoms with Gasteiger partial charge >= 0.3 is 0 Å². The lowest BCUT2D eigenvalue weighted by atomic mass is 9.82. The number of benzene rings is 3. The van der Waals surface area contributed by atoms with Gasteiger partial charge in [0.05, 0.1) is 35.7 Å². The summed E-state index contributed by atoms with van der Waals surface area (Å²) in [6, 6.07) is 21.9. The number of fused-ring (bicyclic) bond motifs is 2. The average Bonchev–Trinajstić information content (AvgIpc) is 3.35. The van der Waals surface area contributed by atoms with Crippen LogP contribution in [0.25, 0.3) is 44.3 Å². The second-order valence-corrected chi connectivity index (χ2v) is 11.4. The summed E-state index contributed by atoms with van der Waals surface area (Å²) in [5, 5.41) is 2.08. The number of amides is 1. The standard InChI is InChI=1S/C35H33F2N3O2/c36-27-10-6-11-28(37)34(27)30-16-13-24-21-25(14-15-29(24)38-30)35-33(23-7-2-1-3-8-23)26-9-4-5-12-31(26)40(35)22-32(41)39-17-19-42-20-18-39/h4-6,9-16,21,23H,1-3,7-8,17-20,22H2. The number of hydrogen-bond donors (Lipinski definition) is 0. The molecule has 2 fully saturated rings. The van der Waals surface area contributed by atoms with Crippen molar-refractivity contribution in [3.63, 3.8) is 0 Å². The lowest BCUT2D eigenvalue weighted by Crippen LogP contribution is -2.42. The van der Waals surface area contributed by atoms with Crippen molar-refractivity contribution in [2.75, 3.05) is 26.3 Å². The second-order valence-electron chi connectivity index (χ2n) is 11.4. The number of hydrogen-bond acceptors (Lipinski definition) is 3. The molecule has 1 amide bonds. The van der Waals surface area contributed by atoms with Crippen molar-refractivity contribution in [1.29, 1.82) is 0 Å². The summed E-state index contributed by atoms with van der Waals surface area (Å²) in [6.07, 6.45) is 5.92. The lowest BCUT2D eigenvalue weighted by Gasteiger charge is -2.28. The maximum atomic E-state index is 14.5. The van der Waals surface area contributed by atoms with Crippen LogP contribution in [0, 0.1) is 11.6 Å². The van der Waals surface area contributed by atoms with Gasteiger partial charge in [0.25, 0.3) is 0 Å². The molecule has 3 aromatic carbocycles. The van der Waals surface area contributed by atoms with E-state index < -0.39 is 11.6 Å². The number of pyridine rings is 1. The van der Waals surface area contributed by atoms with Crippen LogP contribution in [0.5, 0.6) is 0 Å². The van der Waals surface area contributed by atoms with Gasteiger partial charge in [0.15, 0.2) is 0 Å². The number of morpholine rings is 1. The zero-order valence-corrected chi connectivity index (χ0v) is 23.5. The topological polar surface area (TPSA) is 47.4 Å². The molecular weight excluding hydrogens is 532 g/mol. The smallest absolute Gasteiger partial charge is 0.242 e. The molecule has 0 spiro atoms. The van der Waals surface area contributed by atoms with Crippen molar-refractivity contribution < 1.29 is 18.3 Å². The molecule has 1 saturated carbocycles. The average molecular weight is 566 g/mol. The van der Waals surface area contributed by atoms with Crippen molar-refractivity contribution >= 4 is 27.7 Å². The molecule has 1 aliphatic carbocycles. The minimum atomic E-state index is -0.634. The Labute approximate surface area is 243 Å². The van der Waals surface area contributed by atoms with E-state index in [1.54, 1.807) is 6.07 Å². The van der Waals surface area contributed by atoms with E-state index >= 15 is 0 Å². The van der Waals surface area contributed by atoms with Gasteiger partial charge in [-0.3, -0.25) is 4.79 Å². The van der Waals surface area contributed by atoms with Crippen LogP contribution >= 0.6 is 0 Å². The first-order valence-electron chi connectivity index (χ1n) is 14.9. The van der Waals surface area contributed by atoms with Gasteiger partial charge in [0, 0.05) is 29.4 Å². The molecule has 2 aliphatic rings. The molecule has 7 heteroatoms. The molecule has 3 heterocycles. The fraction of sp³-hybridized carbons (Fsp3) is 0.314. The number of carbonyl (C=O) groups excluding carboxylic acids is 1. The van der Waals surface area contributed by atoms with Gasteiger partial charge in [-0.25, -0.2) is 13.8 Å². The first kappa shape index (κ1) is 26.8. The Kier molecular flexibility index (Phi) is 7.20. The summed E-state index contributed by atoms with van der Waals surface area (Å²) < 4.78 is 36.7. The summed E-state index contributed by atoms with van der Waals surface area (Å²) in [7, 11) is 0. The Morgan fingerprint density at radius 2 is 1.64 bits per heavy atom. The molecule has 42 heavy (non-hydrogen) atoms. The quantitative estimate of drug-likeness (QED) is 0.219. The van der Waals surface area contributed by atoms with Gasteiger partial charge in [0.1, 0.15) is 18.2 Å². The summed E-state index contributed by atoms with van der Waals surface area (Å²) in [4.78, 5) is 20.1. The summed E-state index contributed by atoms with van der Waals surface area (Å²) in [6.45, 7) is 2.60. The van der Waals surface area contributed by atoms with E-state index in [9.17, 15) is 13.6 Å². The highest BCUT2D eigenvalue weighted by Crippen LogP contribution is 2.44. The van der Waals surface area contributed by atoms with E-state index in [1.807, 2.05) is 29.2 Å². The van der Waals surface area contributed by atoms with Crippen LogP contribution in [0.15, 0.2) is 72.8 Å². The highest BCUT2D eigenvalue weighted by molar-refractivity contribution is 5.96. The maximum absolute atomic E-state index is 14.5. The van der Waals surface area contributed by atoms with Crippen LogP contribution < -0.4 is 0 Å². The molecule has 1 aliphatic heterocycles. The number of carbonyl (C=O) groups is 1. The van der Waals surface area contributed by atoms with Crippen LogP contribution in [-0.2, 0) is 16.1 Å². The third-order valence-corrected chi connectivity index (χ3v) is 8.86. The van der Waals surface area contributed by atoms with E-state index in [4.69, 9.17) is 4.74 Å². The van der Waals surface area contributed by atoms with Crippen molar-refractivity contribution in [3.05, 3.63) is 90.0 Å². The number of nitrogens with zero attached hydrogens (tertiary/aromatic N) is 3. The number of aromatic nitrogens is 2. The predicted octanol–water partition coefficient (Wildman–Crippen LogP) is 7.71. The van der Waals surface area contributed by atoms with Crippen molar-refractivity contribution in [3.8, 4) is 22.5 Å². The third-order valence-electron chi connectivity index (χ3n) is 8.86. The Morgan fingerprint density at radius 1 is 0.881 bits per heavy atom. The SMILES string of the molecule is O=C(Cn1c(-c2ccc3nc(-c4c(F)cccc4F)ccc3c2)c(C2CCCCC2)c2ccccc21)N1CCOCC1. The van der Waals surface area contributed by atoms with Gasteiger partial charge in [0.2, 0.25) is 5.91 Å². The largest absolute Gasteiger partial charge is 0.378 e. The monoisotopic (exact) mass is 565 g/mol. The highest BCUT2D eigenvalue weighted by atomic mass is 19.1. The minimum Gasteiger partial charge on any atom is -0.378 e. The molecular formula is C35H33F2N3O2. The minimum absolute atomic E-state index is 0.0921. The molecule has 5 nitrogen and oxygen atoms in total. The van der Waals surface area contributed by atoms with E-state index in [0.29, 0.717) is 37.7 Å². The second kappa shape index (κ2) is 11.3. The Bertz CT molecular complexity index is 1760. The van der Waals surface area contributed by atoms with Crippen molar-refractivity contribution in [2.24, 2.45) is 0 Å². The Balaban J connectivity index is 1.37. The van der Waals surface area contributed by atoms with E-state index in [-0.39, 0.29) is 23.7 Å². The van der Waals surface area contributed by atoms with Crippen LogP contribution in [0.3, 0.4) is 0 Å². The molecule has 2 aromatic heterocycles. The molecule has 5 aromatic rings. The molecule has 0 atom stereocenters. The molecule has 0 bridgehead atoms. The molecule has 7 rings (SSSR count). The number of rotatable bonds is 5. The highest BCUT2D eigenvalue weighted by Gasteiger charge is 2.28. The van der Waals surface area contributed by atoms with Gasteiger partial charge in [-0.2, -0.15) is 0 Å². The third kappa shape index (κ3) is 4.86. The molecule has 0 N–H and O–H groups in total. The van der Waals surface area contributed by atoms with Crippen molar-refractivity contribution in [1.82, 2.24) is 14.5 Å². The summed E-state index contributed by atoms with van der Waals surface area (Å²) in [5.41, 5.74) is 5.28. The van der Waals surface area contributed by atoms with E-state index in [1.165, 1.54) is 48.4 Å². The molecule has 0 unspecified atom stereocenters. The van der Waals surface area contributed by atoms with Gasteiger partial charge in [-0.15, -0.1) is 0 Å². The normalized spacial score (nSPS) is 16.4. The Morgan fingerprint density at radius 3 is 2.43 bits per heavy atom. The molecule has 1 saturated heterocycles. The van der Waals surface area contributed by atoms with E-state index in [0.717, 1.165) is 35.0 Å². The van der Waals surface area contributed by atoms with Gasteiger partial charge in [-0.05, 0) is 66.3 Å². The summed E-state index contributed by atoms with van der Waals surface area (Å²) in [5.74, 6) is -0.761. The predicted molar refractivity (Wildman–Crippen MR) is 161 cm³/mol. The first-order chi connectivity index (χ1) is 20.6. The van der Waals surface area contributed by atoms with Gasteiger partial charge < -0.3 is 14.2 Å². The van der Waals surface area contributed by atoms with E-state index in [2.05, 4.69) is 33.8 Å². The van der Waals surface area contributed by atoms with Crippen molar-refractivity contribution in [2.45, 2.75) is 44.6 Å². The fourth-order valence-corrected chi connectivity index (χ4v) is 6.81. The molecule has 214 valence electrons. The number of para-hydroxylation sites is 1. The zero-order chi connectivity index (χ0) is 28.6. The zero-order valence-electron chi connectivity index (χ0n) is 23.5. The lowest BCUT2D eigenvalue weighted by molar-refractivity contribution is -0.135. The van der Waals surface area contributed by atoms with Crippen LogP contribution in [0.2, 0.25) is 0 Å². The van der Waals surface area contributed by atoms with Crippen LogP contribution in [0.4, 0.5) is 8.78 Å². The summed E-state index contributed by atoms with van der Waals surface area (Å²) >= 11 is 0. The molecule has 0 radical (unpaired) electrons. The maximum Gasteiger partial charge on any atom is 0.242 e. The fourth-order valence-electron chi connectivity index (χ4n) is 6.81. The first-order valence-corrected chi connectivity index (χ1v) is 14.9. The van der Waals surface area contributed by atoms with Crippen LogP contribution in [-0.4, -0.2) is 46.7 Å². The van der Waals surface area contributed by atoms with Crippen LogP contribution in [0.1, 0.15) is 43.6 Å². The number of halogens is 2.